The van der Waals surface area contributed by atoms with Gasteiger partial charge in [0.1, 0.15) is 0 Å². The number of nitrogens with zero attached hydrogens (tertiary/aromatic N) is 2. The van der Waals surface area contributed by atoms with Crippen LogP contribution in [0.15, 0.2) is 22.7 Å². The summed E-state index contributed by atoms with van der Waals surface area (Å²) < 4.78 is 5.99. The van der Waals surface area contributed by atoms with Gasteiger partial charge in [0.2, 0.25) is 5.75 Å². The molecular weight excluding hydrogens is 326 g/mol. The van der Waals surface area contributed by atoms with Gasteiger partial charge in [-0.2, -0.15) is 5.26 Å². The minimum Gasteiger partial charge on any atom is -0.486 e. The first kappa shape index (κ1) is 16.4. The van der Waals surface area contributed by atoms with Crippen molar-refractivity contribution < 1.29 is 9.66 Å². The smallest absolute Gasteiger partial charge is 0.312 e. The average molecular weight is 342 g/mol. The fourth-order valence-corrected chi connectivity index (χ4v) is 2.06. The molecule has 108 valence electrons. The van der Waals surface area contributed by atoms with Gasteiger partial charge >= 0.3 is 5.69 Å². The van der Waals surface area contributed by atoms with Crippen LogP contribution in [-0.4, -0.2) is 24.1 Å². The van der Waals surface area contributed by atoms with Crippen molar-refractivity contribution >= 4 is 21.6 Å². The molecule has 0 saturated heterocycles. The molecule has 1 N–H and O–H groups in total. The third-order valence-corrected chi connectivity index (χ3v) is 3.22. The van der Waals surface area contributed by atoms with Crippen LogP contribution in [-0.2, 0) is 0 Å². The monoisotopic (exact) mass is 341 g/mol. The minimum atomic E-state index is -0.489. The molecule has 0 spiro atoms. The van der Waals surface area contributed by atoms with Crippen molar-refractivity contribution in [2.45, 2.75) is 25.8 Å². The van der Waals surface area contributed by atoms with Gasteiger partial charge in [-0.15, -0.1) is 0 Å². The number of nitrogens with one attached hydrogen (secondary N) is 1. The summed E-state index contributed by atoms with van der Waals surface area (Å²) in [6, 6.07) is 6.48. The van der Waals surface area contributed by atoms with Crippen LogP contribution < -0.4 is 10.1 Å². The maximum atomic E-state index is 10.9. The maximum Gasteiger partial charge on any atom is 0.312 e. The standard InChI is InChI=1S/C13H16BrN3O3/c1-2-7-16-10(9-15)6-8-20-13-11(14)4-3-5-12(13)17(18)19/h3-5,10,16H,2,6-8H2,1H3. The van der Waals surface area contributed by atoms with Gasteiger partial charge in [0, 0.05) is 12.5 Å². The first-order valence-corrected chi connectivity index (χ1v) is 7.08. The third kappa shape index (κ3) is 4.79. The van der Waals surface area contributed by atoms with E-state index in [2.05, 4.69) is 27.3 Å². The number of nitriles is 1. The van der Waals surface area contributed by atoms with E-state index in [-0.39, 0.29) is 24.1 Å². The molecule has 1 aromatic carbocycles. The van der Waals surface area contributed by atoms with Gasteiger partial charge in [0.15, 0.2) is 0 Å². The molecule has 20 heavy (non-hydrogen) atoms. The van der Waals surface area contributed by atoms with Gasteiger partial charge in [-0.1, -0.05) is 13.0 Å². The number of rotatable bonds is 8. The van der Waals surface area contributed by atoms with E-state index in [1.54, 1.807) is 12.1 Å². The largest absolute Gasteiger partial charge is 0.486 e. The number of benzene rings is 1. The van der Waals surface area contributed by atoms with Crippen LogP contribution in [0.4, 0.5) is 5.69 Å². The lowest BCUT2D eigenvalue weighted by Gasteiger charge is -2.12. The number of nitro benzene ring substituents is 1. The summed E-state index contributed by atoms with van der Waals surface area (Å²) in [6.45, 7) is 3.01. The zero-order chi connectivity index (χ0) is 15.0. The number of hydrogen-bond acceptors (Lipinski definition) is 5. The highest BCUT2D eigenvalue weighted by Gasteiger charge is 2.18. The van der Waals surface area contributed by atoms with Crippen molar-refractivity contribution in [1.29, 1.82) is 5.26 Å². The summed E-state index contributed by atoms with van der Waals surface area (Å²) in [5.41, 5.74) is -0.0885. The molecule has 0 amide bonds. The van der Waals surface area contributed by atoms with E-state index in [1.165, 1.54) is 6.07 Å². The predicted molar refractivity (Wildman–Crippen MR) is 78.6 cm³/mol. The van der Waals surface area contributed by atoms with Gasteiger partial charge in [-0.25, -0.2) is 0 Å². The lowest BCUT2D eigenvalue weighted by molar-refractivity contribution is -0.386. The van der Waals surface area contributed by atoms with E-state index < -0.39 is 4.92 Å². The Labute approximate surface area is 126 Å². The zero-order valence-electron chi connectivity index (χ0n) is 11.1. The number of para-hydroxylation sites is 1. The predicted octanol–water partition coefficient (Wildman–Crippen LogP) is 3.02. The van der Waals surface area contributed by atoms with E-state index in [0.29, 0.717) is 10.9 Å². The number of halogens is 1. The van der Waals surface area contributed by atoms with Crippen LogP contribution in [0, 0.1) is 21.4 Å². The molecule has 0 aliphatic rings. The molecule has 1 unspecified atom stereocenters. The highest BCUT2D eigenvalue weighted by Crippen LogP contribution is 2.34. The van der Waals surface area contributed by atoms with Crippen LogP contribution in [0.1, 0.15) is 19.8 Å². The van der Waals surface area contributed by atoms with Crippen LogP contribution >= 0.6 is 15.9 Å². The summed E-state index contributed by atoms with van der Waals surface area (Å²) in [5, 5.41) is 22.9. The SMILES string of the molecule is CCCNC(C#N)CCOc1c(Br)cccc1[N+](=O)[O-]. The van der Waals surface area contributed by atoms with Gasteiger partial charge in [0.25, 0.3) is 0 Å². The molecule has 6 nitrogen and oxygen atoms in total. The molecule has 0 fully saturated rings. The molecule has 0 saturated carbocycles. The molecule has 7 heteroatoms. The van der Waals surface area contributed by atoms with E-state index in [9.17, 15) is 10.1 Å². The molecule has 1 atom stereocenters. The average Bonchev–Trinajstić information content (AvgIpc) is 2.43. The zero-order valence-corrected chi connectivity index (χ0v) is 12.7. The van der Waals surface area contributed by atoms with E-state index in [1.807, 2.05) is 6.92 Å². The van der Waals surface area contributed by atoms with Gasteiger partial charge in [0.05, 0.1) is 28.1 Å². The Hall–Kier alpha value is -1.65. The second kappa shape index (κ2) is 8.51. The Morgan fingerprint density at radius 3 is 2.95 bits per heavy atom. The van der Waals surface area contributed by atoms with E-state index in [4.69, 9.17) is 10.00 Å². The first-order valence-electron chi connectivity index (χ1n) is 6.28. The topological polar surface area (TPSA) is 88.2 Å². The summed E-state index contributed by atoms with van der Waals surface area (Å²) in [7, 11) is 0. The van der Waals surface area contributed by atoms with E-state index in [0.717, 1.165) is 13.0 Å². The number of hydrogen-bond donors (Lipinski definition) is 1. The molecule has 1 aromatic rings. The Morgan fingerprint density at radius 2 is 2.35 bits per heavy atom. The molecule has 0 aromatic heterocycles. The van der Waals surface area contributed by atoms with Crippen LogP contribution in [0.25, 0.3) is 0 Å². The summed E-state index contributed by atoms with van der Waals surface area (Å²) >= 11 is 3.23. The van der Waals surface area contributed by atoms with Gasteiger partial charge in [-0.3, -0.25) is 10.1 Å². The molecule has 0 bridgehead atoms. The van der Waals surface area contributed by atoms with Crippen LogP contribution in [0.2, 0.25) is 0 Å². The molecule has 0 aliphatic carbocycles. The fraction of sp³-hybridized carbons (Fsp3) is 0.462. The third-order valence-electron chi connectivity index (χ3n) is 2.59. The molecule has 0 heterocycles. The Kier molecular flexibility index (Phi) is 6.98. The number of ether oxygens (including phenoxy) is 1. The minimum absolute atomic E-state index is 0.0885. The quantitative estimate of drug-likeness (QED) is 0.579. The van der Waals surface area contributed by atoms with E-state index >= 15 is 0 Å². The maximum absolute atomic E-state index is 10.9. The molecule has 1 rings (SSSR count). The van der Waals surface area contributed by atoms with Crippen molar-refractivity contribution in [2.24, 2.45) is 0 Å². The second-order valence-electron chi connectivity index (χ2n) is 4.12. The normalized spacial score (nSPS) is 11.7. The first-order chi connectivity index (χ1) is 9.60. The van der Waals surface area contributed by atoms with Crippen molar-refractivity contribution in [3.63, 3.8) is 0 Å². The van der Waals surface area contributed by atoms with Crippen molar-refractivity contribution in [3.05, 3.63) is 32.8 Å². The van der Waals surface area contributed by atoms with Crippen molar-refractivity contribution in [2.75, 3.05) is 13.2 Å². The Bertz CT molecular complexity index is 502. The highest BCUT2D eigenvalue weighted by atomic mass is 79.9. The fourth-order valence-electron chi connectivity index (χ4n) is 1.59. The van der Waals surface area contributed by atoms with Crippen molar-refractivity contribution in [3.8, 4) is 11.8 Å². The lowest BCUT2D eigenvalue weighted by Crippen LogP contribution is -2.29. The molecule has 0 radical (unpaired) electrons. The highest BCUT2D eigenvalue weighted by molar-refractivity contribution is 9.10. The summed E-state index contributed by atoms with van der Waals surface area (Å²) in [6.07, 6.45) is 1.41. The summed E-state index contributed by atoms with van der Waals surface area (Å²) in [5.74, 6) is 0.199. The lowest BCUT2D eigenvalue weighted by atomic mass is 10.2. The molecular formula is C13H16BrN3O3. The Balaban J connectivity index is 2.62. The number of nitro groups is 1. The van der Waals surface area contributed by atoms with Gasteiger partial charge < -0.3 is 10.1 Å². The second-order valence-corrected chi connectivity index (χ2v) is 4.97. The Morgan fingerprint density at radius 1 is 1.60 bits per heavy atom. The molecule has 0 aliphatic heterocycles. The van der Waals surface area contributed by atoms with Crippen molar-refractivity contribution in [1.82, 2.24) is 5.32 Å². The van der Waals surface area contributed by atoms with Crippen LogP contribution in [0.5, 0.6) is 5.75 Å². The van der Waals surface area contributed by atoms with Crippen LogP contribution in [0.3, 0.4) is 0 Å². The summed E-state index contributed by atoms with van der Waals surface area (Å²) in [4.78, 5) is 10.4. The van der Waals surface area contributed by atoms with Gasteiger partial charge in [-0.05, 0) is 35.0 Å².